The van der Waals surface area contributed by atoms with Crippen molar-refractivity contribution < 1.29 is 18.0 Å². The molecule has 1 atom stereocenters. The minimum absolute atomic E-state index is 0.0811. The molecule has 4 aromatic rings. The number of carbonyl (C=O) groups excluding carboxylic acids is 1. The molecule has 170 valence electrons. The molecule has 1 fully saturated rings. The second-order valence-electron chi connectivity index (χ2n) is 8.40. The summed E-state index contributed by atoms with van der Waals surface area (Å²) in [4.78, 5) is 24.5. The Kier molecular flexibility index (Phi) is 5.15. The number of hydrogen-bond donors (Lipinski definition) is 2. The highest BCUT2D eigenvalue weighted by molar-refractivity contribution is 6.02. The molecule has 0 saturated heterocycles. The number of aromatic nitrogens is 5. The molecule has 3 heterocycles. The maximum Gasteiger partial charge on any atom is 0.272 e. The van der Waals surface area contributed by atoms with Gasteiger partial charge in [0, 0.05) is 50.3 Å². The van der Waals surface area contributed by atoms with E-state index in [2.05, 4.69) is 25.4 Å². The molecule has 1 unspecified atom stereocenters. The van der Waals surface area contributed by atoms with Crippen LogP contribution < -0.4 is 5.32 Å². The van der Waals surface area contributed by atoms with Crippen molar-refractivity contribution >= 4 is 16.9 Å². The quantitative estimate of drug-likeness (QED) is 0.470. The summed E-state index contributed by atoms with van der Waals surface area (Å²) in [7, 11) is 1.77. The molecule has 33 heavy (non-hydrogen) atoms. The number of imidazole rings is 1. The van der Waals surface area contributed by atoms with Gasteiger partial charge in [-0.05, 0) is 41.8 Å². The monoisotopic (exact) mass is 454 g/mol. The van der Waals surface area contributed by atoms with Crippen LogP contribution in [0.25, 0.3) is 22.2 Å². The minimum Gasteiger partial charge on any atom is -0.347 e. The average molecular weight is 454 g/mol. The van der Waals surface area contributed by atoms with Crippen LogP contribution in [0.15, 0.2) is 42.9 Å². The lowest BCUT2D eigenvalue weighted by molar-refractivity contribution is 0.00755. The van der Waals surface area contributed by atoms with Crippen molar-refractivity contribution in [3.05, 3.63) is 65.8 Å². The van der Waals surface area contributed by atoms with Gasteiger partial charge in [-0.3, -0.25) is 9.48 Å². The highest BCUT2D eigenvalue weighted by Crippen LogP contribution is 2.43. The predicted molar refractivity (Wildman–Crippen MR) is 115 cm³/mol. The average Bonchev–Trinajstić information content (AvgIpc) is 3.49. The number of nitrogens with zero attached hydrogens (tertiary/aromatic N) is 4. The Hall–Kier alpha value is -3.69. The highest BCUT2D eigenvalue weighted by Gasteiger charge is 2.41. The molecule has 2 N–H and O–H groups in total. The molecular weight excluding hydrogens is 433 g/mol. The number of amides is 1. The Balaban J connectivity index is 1.35. The molecule has 0 spiro atoms. The summed E-state index contributed by atoms with van der Waals surface area (Å²) >= 11 is 0. The van der Waals surface area contributed by atoms with Crippen LogP contribution in [0.4, 0.5) is 13.2 Å². The van der Waals surface area contributed by atoms with Crippen molar-refractivity contribution in [2.45, 2.75) is 37.6 Å². The first-order valence-electron chi connectivity index (χ1n) is 10.6. The van der Waals surface area contributed by atoms with E-state index in [1.807, 2.05) is 0 Å². The Morgan fingerprint density at radius 1 is 1.30 bits per heavy atom. The van der Waals surface area contributed by atoms with Gasteiger partial charge < -0.3 is 10.3 Å². The molecule has 5 rings (SSSR count). The second kappa shape index (κ2) is 8.02. The summed E-state index contributed by atoms with van der Waals surface area (Å²) in [5, 5.41) is 6.85. The zero-order chi connectivity index (χ0) is 23.2. The maximum atomic E-state index is 14.2. The summed E-state index contributed by atoms with van der Waals surface area (Å²) in [6.07, 6.45) is 4.76. The molecule has 1 amide bonds. The van der Waals surface area contributed by atoms with Gasteiger partial charge in [-0.2, -0.15) is 5.10 Å². The van der Waals surface area contributed by atoms with Gasteiger partial charge in [-0.25, -0.2) is 23.1 Å². The lowest BCUT2D eigenvalue weighted by atomic mass is 10.1. The second-order valence-corrected chi connectivity index (χ2v) is 8.40. The minimum atomic E-state index is -2.69. The van der Waals surface area contributed by atoms with Crippen LogP contribution in [0, 0.1) is 5.82 Å². The first kappa shape index (κ1) is 21.2. The van der Waals surface area contributed by atoms with E-state index in [-0.39, 0.29) is 31.0 Å². The van der Waals surface area contributed by atoms with Crippen molar-refractivity contribution in [1.82, 2.24) is 30.0 Å². The van der Waals surface area contributed by atoms with Crippen LogP contribution in [0.2, 0.25) is 0 Å². The summed E-state index contributed by atoms with van der Waals surface area (Å²) in [6.45, 7) is 0.0811. The van der Waals surface area contributed by atoms with Crippen molar-refractivity contribution in [1.29, 1.82) is 0 Å². The fraction of sp³-hybridized carbons (Fsp3) is 0.304. The third-order valence-electron chi connectivity index (χ3n) is 5.88. The molecule has 1 saturated carbocycles. The van der Waals surface area contributed by atoms with Gasteiger partial charge in [0.15, 0.2) is 5.69 Å². The van der Waals surface area contributed by atoms with Gasteiger partial charge in [-0.15, -0.1) is 0 Å². The number of pyridine rings is 1. The summed E-state index contributed by atoms with van der Waals surface area (Å²) in [5.41, 5.74) is 2.99. The van der Waals surface area contributed by atoms with E-state index in [9.17, 15) is 18.0 Å². The first-order valence-corrected chi connectivity index (χ1v) is 10.6. The topological polar surface area (TPSA) is 88.5 Å². The molecule has 0 aliphatic heterocycles. The zero-order valence-electron chi connectivity index (χ0n) is 17.8. The Labute approximate surface area is 187 Å². The largest absolute Gasteiger partial charge is 0.347 e. The van der Waals surface area contributed by atoms with E-state index in [4.69, 9.17) is 0 Å². The number of hydrogen-bond acceptors (Lipinski definition) is 4. The number of alkyl halides is 2. The summed E-state index contributed by atoms with van der Waals surface area (Å²) in [6, 6.07) is 6.17. The van der Waals surface area contributed by atoms with Crippen molar-refractivity contribution in [3.63, 3.8) is 0 Å². The maximum absolute atomic E-state index is 14.2. The number of nitrogens with one attached hydrogen (secondary N) is 2. The number of carbonyl (C=O) groups is 1. The molecule has 0 radical (unpaired) electrons. The van der Waals surface area contributed by atoms with Crippen molar-refractivity contribution in [3.8, 4) is 11.1 Å². The van der Waals surface area contributed by atoms with E-state index < -0.39 is 17.6 Å². The summed E-state index contributed by atoms with van der Waals surface area (Å²) in [5.74, 6) is -3.54. The van der Waals surface area contributed by atoms with Gasteiger partial charge in [0.05, 0.1) is 17.2 Å². The fourth-order valence-electron chi connectivity index (χ4n) is 4.26. The Morgan fingerprint density at radius 3 is 2.88 bits per heavy atom. The zero-order valence-corrected chi connectivity index (χ0v) is 17.8. The van der Waals surface area contributed by atoms with E-state index >= 15 is 0 Å². The van der Waals surface area contributed by atoms with Gasteiger partial charge in [0.2, 0.25) is 5.92 Å². The lowest BCUT2D eigenvalue weighted by Gasteiger charge is -2.08. The molecular formula is C23H21F3N6O. The van der Waals surface area contributed by atoms with Crippen LogP contribution in [0.5, 0.6) is 0 Å². The summed E-state index contributed by atoms with van der Waals surface area (Å²) < 4.78 is 43.0. The van der Waals surface area contributed by atoms with Crippen LogP contribution in [-0.4, -0.2) is 36.6 Å². The third-order valence-corrected chi connectivity index (χ3v) is 5.88. The lowest BCUT2D eigenvalue weighted by Crippen LogP contribution is -2.24. The molecule has 1 aromatic carbocycles. The molecule has 10 heteroatoms. The standard InChI is InChI=1S/C23H21F3N6O/c1-32-12-16(11-29-32)15-6-13(7-17(24)8-15)10-28-22(33)20-19-18(3-5-27-20)30-21(31-19)14-2-4-23(25,26)9-14/h3,5-8,11-12,14H,2,4,9-10H2,1H3,(H,28,33)(H,30,31). The highest BCUT2D eigenvalue weighted by atomic mass is 19.3. The predicted octanol–water partition coefficient (Wildman–Crippen LogP) is 4.33. The van der Waals surface area contributed by atoms with E-state index in [0.717, 1.165) is 5.56 Å². The van der Waals surface area contributed by atoms with Gasteiger partial charge in [0.1, 0.15) is 11.6 Å². The number of fused-ring (bicyclic) bond motifs is 1. The van der Waals surface area contributed by atoms with E-state index in [1.54, 1.807) is 36.3 Å². The normalized spacial score (nSPS) is 17.5. The van der Waals surface area contributed by atoms with E-state index in [0.29, 0.717) is 34.4 Å². The fourth-order valence-corrected chi connectivity index (χ4v) is 4.26. The number of benzene rings is 1. The number of rotatable bonds is 5. The van der Waals surface area contributed by atoms with E-state index in [1.165, 1.54) is 18.3 Å². The van der Waals surface area contributed by atoms with Crippen molar-refractivity contribution in [2.75, 3.05) is 0 Å². The van der Waals surface area contributed by atoms with Gasteiger partial charge in [0.25, 0.3) is 5.91 Å². The number of aromatic amines is 1. The van der Waals surface area contributed by atoms with Crippen LogP contribution in [0.3, 0.4) is 0 Å². The smallest absolute Gasteiger partial charge is 0.272 e. The Bertz CT molecular complexity index is 1350. The number of H-pyrrole nitrogens is 1. The molecule has 0 bridgehead atoms. The number of aryl methyl sites for hydroxylation is 1. The van der Waals surface area contributed by atoms with Crippen LogP contribution >= 0.6 is 0 Å². The first-order chi connectivity index (χ1) is 15.8. The molecule has 7 nitrogen and oxygen atoms in total. The number of halogens is 3. The molecule has 1 aliphatic carbocycles. The van der Waals surface area contributed by atoms with Gasteiger partial charge >= 0.3 is 0 Å². The molecule has 3 aromatic heterocycles. The SMILES string of the molecule is Cn1cc(-c2cc(F)cc(CNC(=O)c3nccc4nc(C5CCC(F)(F)C5)[nH]c34)c2)cn1. The third kappa shape index (κ3) is 4.33. The van der Waals surface area contributed by atoms with Gasteiger partial charge in [-0.1, -0.05) is 0 Å². The van der Waals surface area contributed by atoms with Crippen molar-refractivity contribution in [2.24, 2.45) is 7.05 Å². The van der Waals surface area contributed by atoms with Crippen LogP contribution in [0.1, 0.15) is 47.1 Å². The van der Waals surface area contributed by atoms with Crippen LogP contribution in [-0.2, 0) is 13.6 Å². The Morgan fingerprint density at radius 2 is 2.15 bits per heavy atom. The molecule has 1 aliphatic rings.